The Labute approximate surface area is 153 Å². The van der Waals surface area contributed by atoms with E-state index in [1.807, 2.05) is 0 Å². The Bertz CT molecular complexity index is 904. The van der Waals surface area contributed by atoms with Crippen LogP contribution < -0.4 is 5.73 Å². The lowest BCUT2D eigenvalue weighted by atomic mass is 10.1. The second-order valence-electron chi connectivity index (χ2n) is 6.03. The number of aliphatic carboxylic acids is 1. The summed E-state index contributed by atoms with van der Waals surface area (Å²) in [5.74, 6) is 4.82. The topological polar surface area (TPSA) is 177 Å². The van der Waals surface area contributed by atoms with E-state index in [-0.39, 0.29) is 29.2 Å². The summed E-state index contributed by atoms with van der Waals surface area (Å²) >= 11 is 0. The Morgan fingerprint density at radius 3 is 2.78 bits per heavy atom. The third kappa shape index (κ3) is 3.83. The molecule has 1 aliphatic heterocycles. The lowest BCUT2D eigenvalue weighted by Gasteiger charge is -2.16. The molecule has 2 aromatic heterocycles. The van der Waals surface area contributed by atoms with E-state index in [1.165, 1.54) is 10.9 Å². The number of carbonyl (C=O) groups is 1. The van der Waals surface area contributed by atoms with Gasteiger partial charge in [-0.3, -0.25) is 9.36 Å². The van der Waals surface area contributed by atoms with Crippen molar-refractivity contribution in [2.45, 2.75) is 43.8 Å². The minimum Gasteiger partial charge on any atom is -0.481 e. The maximum atomic E-state index is 10.5. The van der Waals surface area contributed by atoms with E-state index < -0.39 is 37.1 Å². The van der Waals surface area contributed by atoms with E-state index in [0.717, 1.165) is 0 Å². The largest absolute Gasteiger partial charge is 0.481 e. The zero-order valence-electron chi connectivity index (χ0n) is 14.2. The van der Waals surface area contributed by atoms with Crippen LogP contribution in [0.15, 0.2) is 6.33 Å². The molecular weight excluding hydrogens is 358 g/mol. The number of hydrogen-bond acceptors (Lipinski definition) is 9. The maximum Gasteiger partial charge on any atom is 0.303 e. The number of nitrogens with two attached hydrogens (primary N) is 1. The molecule has 1 fully saturated rings. The van der Waals surface area contributed by atoms with Crippen LogP contribution in [0.5, 0.6) is 0 Å². The SMILES string of the molecule is Nc1nc(C#CCCCC(=O)O)nc2c1ncn2[C@@H]1O[C@H](CO)[C@@H](O)[C@H]1O. The first-order chi connectivity index (χ1) is 12.9. The molecular formula is C16H19N5O6. The fourth-order valence-electron chi connectivity index (χ4n) is 2.76. The van der Waals surface area contributed by atoms with Crippen molar-refractivity contribution >= 4 is 23.0 Å². The van der Waals surface area contributed by atoms with Crippen LogP contribution in [0.2, 0.25) is 0 Å². The lowest BCUT2D eigenvalue weighted by Crippen LogP contribution is -2.33. The molecule has 0 saturated carbocycles. The number of aromatic nitrogens is 4. The van der Waals surface area contributed by atoms with Gasteiger partial charge in [-0.15, -0.1) is 0 Å². The van der Waals surface area contributed by atoms with Crippen molar-refractivity contribution in [2.75, 3.05) is 12.3 Å². The Kier molecular flexibility index (Phi) is 5.52. The molecule has 0 spiro atoms. The molecule has 11 nitrogen and oxygen atoms in total. The number of rotatable bonds is 5. The van der Waals surface area contributed by atoms with E-state index in [1.54, 1.807) is 0 Å². The third-order valence-corrected chi connectivity index (χ3v) is 4.13. The summed E-state index contributed by atoms with van der Waals surface area (Å²) in [4.78, 5) is 22.9. The van der Waals surface area contributed by atoms with Crippen molar-refractivity contribution in [3.05, 3.63) is 12.2 Å². The van der Waals surface area contributed by atoms with Gasteiger partial charge in [0.15, 0.2) is 17.7 Å². The number of nitrogens with zero attached hydrogens (tertiary/aromatic N) is 4. The van der Waals surface area contributed by atoms with Crippen LogP contribution >= 0.6 is 0 Å². The number of aliphatic hydroxyl groups excluding tert-OH is 3. The predicted octanol–water partition coefficient (Wildman–Crippen LogP) is -1.37. The Morgan fingerprint density at radius 2 is 2.11 bits per heavy atom. The number of carboxylic acid groups (broad SMARTS) is 1. The normalized spacial score (nSPS) is 24.7. The average Bonchev–Trinajstić information content (AvgIpc) is 3.16. The van der Waals surface area contributed by atoms with Gasteiger partial charge in [0.2, 0.25) is 5.82 Å². The molecule has 3 heterocycles. The van der Waals surface area contributed by atoms with Crippen LogP contribution in [0.4, 0.5) is 5.82 Å². The second kappa shape index (κ2) is 7.85. The lowest BCUT2D eigenvalue weighted by molar-refractivity contribution is -0.137. The number of aliphatic hydroxyl groups is 3. The highest BCUT2D eigenvalue weighted by molar-refractivity contribution is 5.82. The highest BCUT2D eigenvalue weighted by atomic mass is 16.6. The zero-order chi connectivity index (χ0) is 19.6. The van der Waals surface area contributed by atoms with Crippen LogP contribution in [0.3, 0.4) is 0 Å². The first-order valence-corrected chi connectivity index (χ1v) is 8.25. The molecule has 0 aliphatic carbocycles. The molecule has 4 atom stereocenters. The number of nitrogen functional groups attached to an aromatic ring is 1. The minimum absolute atomic E-state index is 0.0226. The Balaban J connectivity index is 1.87. The number of anilines is 1. The minimum atomic E-state index is -1.29. The molecule has 0 aromatic carbocycles. The summed E-state index contributed by atoms with van der Waals surface area (Å²) in [7, 11) is 0. The van der Waals surface area contributed by atoms with Gasteiger partial charge in [0.1, 0.15) is 23.8 Å². The molecule has 0 radical (unpaired) electrons. The molecule has 1 saturated heterocycles. The van der Waals surface area contributed by atoms with E-state index in [4.69, 9.17) is 15.6 Å². The molecule has 0 amide bonds. The summed E-state index contributed by atoms with van der Waals surface area (Å²) in [6, 6.07) is 0. The number of carboxylic acids is 1. The monoisotopic (exact) mass is 377 g/mol. The highest BCUT2D eigenvalue weighted by Gasteiger charge is 2.44. The summed E-state index contributed by atoms with van der Waals surface area (Å²) in [6.45, 7) is -0.453. The average molecular weight is 377 g/mol. The summed E-state index contributed by atoms with van der Waals surface area (Å²) in [5.41, 5.74) is 6.43. The van der Waals surface area contributed by atoms with Gasteiger partial charge < -0.3 is 30.9 Å². The first kappa shape index (κ1) is 19.0. The Hall–Kier alpha value is -2.78. The first-order valence-electron chi connectivity index (χ1n) is 8.25. The van der Waals surface area contributed by atoms with Crippen molar-refractivity contribution in [3.8, 4) is 11.8 Å². The van der Waals surface area contributed by atoms with Crippen LogP contribution in [0.25, 0.3) is 11.2 Å². The van der Waals surface area contributed by atoms with E-state index >= 15 is 0 Å². The van der Waals surface area contributed by atoms with E-state index in [9.17, 15) is 20.1 Å². The van der Waals surface area contributed by atoms with Crippen molar-refractivity contribution in [1.29, 1.82) is 0 Å². The molecule has 27 heavy (non-hydrogen) atoms. The fourth-order valence-corrected chi connectivity index (χ4v) is 2.76. The van der Waals surface area contributed by atoms with Crippen LogP contribution in [0, 0.1) is 11.8 Å². The van der Waals surface area contributed by atoms with Gasteiger partial charge in [-0.25, -0.2) is 15.0 Å². The van der Waals surface area contributed by atoms with Gasteiger partial charge in [0, 0.05) is 12.8 Å². The Morgan fingerprint density at radius 1 is 1.33 bits per heavy atom. The van der Waals surface area contributed by atoms with Crippen molar-refractivity contribution in [2.24, 2.45) is 0 Å². The molecule has 144 valence electrons. The number of ether oxygens (including phenoxy) is 1. The summed E-state index contributed by atoms with van der Waals surface area (Å²) in [5, 5.41) is 37.9. The highest BCUT2D eigenvalue weighted by Crippen LogP contribution is 2.31. The number of unbranched alkanes of at least 4 members (excludes halogenated alkanes) is 1. The molecule has 6 N–H and O–H groups in total. The fraction of sp³-hybridized carbons (Fsp3) is 0.500. The zero-order valence-corrected chi connectivity index (χ0v) is 14.2. The van der Waals surface area contributed by atoms with Gasteiger partial charge in [-0.2, -0.15) is 0 Å². The van der Waals surface area contributed by atoms with Crippen LogP contribution in [-0.2, 0) is 9.53 Å². The number of fused-ring (bicyclic) bond motifs is 1. The van der Waals surface area contributed by atoms with Gasteiger partial charge in [0.25, 0.3) is 0 Å². The van der Waals surface area contributed by atoms with Gasteiger partial charge in [0.05, 0.1) is 12.9 Å². The van der Waals surface area contributed by atoms with Gasteiger partial charge in [-0.05, 0) is 12.3 Å². The number of imidazole rings is 1. The van der Waals surface area contributed by atoms with Crippen LogP contribution in [0.1, 0.15) is 31.3 Å². The summed E-state index contributed by atoms with van der Waals surface area (Å²) in [6.07, 6.45) is -2.36. The van der Waals surface area contributed by atoms with E-state index in [2.05, 4.69) is 26.8 Å². The van der Waals surface area contributed by atoms with Gasteiger partial charge in [-0.1, -0.05) is 5.92 Å². The van der Waals surface area contributed by atoms with E-state index in [0.29, 0.717) is 12.8 Å². The third-order valence-electron chi connectivity index (χ3n) is 4.13. The standard InChI is InChI=1S/C16H19N5O6/c17-14-11-15(20-9(19-14)4-2-1-3-5-10(23)24)21(7-18-11)16-13(26)12(25)8(6-22)27-16/h7-8,12-13,16,22,25-26H,1,3,5-6H2,(H,23,24)(H2,17,19,20)/t8-,12-,13-,16-/m1/s1. The molecule has 0 unspecified atom stereocenters. The number of hydrogen-bond donors (Lipinski definition) is 5. The smallest absolute Gasteiger partial charge is 0.303 e. The van der Waals surface area contributed by atoms with Gasteiger partial charge >= 0.3 is 5.97 Å². The van der Waals surface area contributed by atoms with Crippen molar-refractivity contribution in [3.63, 3.8) is 0 Å². The maximum absolute atomic E-state index is 10.5. The quantitative estimate of drug-likeness (QED) is 0.308. The van der Waals surface area contributed by atoms with Crippen molar-refractivity contribution < 1.29 is 30.0 Å². The molecule has 3 rings (SSSR count). The van der Waals surface area contributed by atoms with Crippen LogP contribution in [-0.4, -0.2) is 70.8 Å². The summed E-state index contributed by atoms with van der Waals surface area (Å²) < 4.78 is 6.88. The predicted molar refractivity (Wildman–Crippen MR) is 91.1 cm³/mol. The molecule has 0 bridgehead atoms. The second-order valence-corrected chi connectivity index (χ2v) is 6.03. The molecule has 1 aliphatic rings. The van der Waals surface area contributed by atoms with Crippen molar-refractivity contribution in [1.82, 2.24) is 19.5 Å². The molecule has 2 aromatic rings. The molecule has 11 heteroatoms.